The van der Waals surface area contributed by atoms with Crippen LogP contribution < -0.4 is 5.32 Å². The smallest absolute Gasteiger partial charge is 0.249 e. The molecule has 0 spiro atoms. The summed E-state index contributed by atoms with van der Waals surface area (Å²) < 4.78 is 0. The molecule has 1 amide bonds. The SMILES string of the molecule is CC(O)C(=O)NC(c1ccccc1)c1ccccn1. The average molecular weight is 256 g/mol. The Kier molecular flexibility index (Phi) is 4.26. The number of hydrogen-bond acceptors (Lipinski definition) is 3. The summed E-state index contributed by atoms with van der Waals surface area (Å²) in [7, 11) is 0. The van der Waals surface area contributed by atoms with Gasteiger partial charge in [0.25, 0.3) is 0 Å². The summed E-state index contributed by atoms with van der Waals surface area (Å²) in [5, 5.41) is 12.1. The molecular formula is C15H16N2O2. The number of rotatable bonds is 4. The van der Waals surface area contributed by atoms with Gasteiger partial charge in [-0.1, -0.05) is 36.4 Å². The van der Waals surface area contributed by atoms with Crippen molar-refractivity contribution in [1.82, 2.24) is 10.3 Å². The van der Waals surface area contributed by atoms with Gasteiger partial charge in [-0.25, -0.2) is 0 Å². The van der Waals surface area contributed by atoms with E-state index >= 15 is 0 Å². The molecule has 0 saturated heterocycles. The van der Waals surface area contributed by atoms with Gasteiger partial charge in [-0.15, -0.1) is 0 Å². The molecular weight excluding hydrogens is 240 g/mol. The van der Waals surface area contributed by atoms with Crippen molar-refractivity contribution in [2.45, 2.75) is 19.1 Å². The quantitative estimate of drug-likeness (QED) is 0.874. The van der Waals surface area contributed by atoms with E-state index in [9.17, 15) is 9.90 Å². The number of benzene rings is 1. The Morgan fingerprint density at radius 1 is 1.16 bits per heavy atom. The number of pyridine rings is 1. The minimum Gasteiger partial charge on any atom is -0.384 e. The summed E-state index contributed by atoms with van der Waals surface area (Å²) in [5.74, 6) is -0.417. The summed E-state index contributed by atoms with van der Waals surface area (Å²) in [5.41, 5.74) is 1.66. The van der Waals surface area contributed by atoms with Crippen LogP contribution in [-0.2, 0) is 4.79 Å². The minimum atomic E-state index is -1.05. The van der Waals surface area contributed by atoms with Gasteiger partial charge in [0.05, 0.1) is 11.7 Å². The molecule has 1 aromatic heterocycles. The van der Waals surface area contributed by atoms with Gasteiger partial charge in [0.15, 0.2) is 0 Å². The molecule has 2 atom stereocenters. The van der Waals surface area contributed by atoms with Crippen molar-refractivity contribution in [3.63, 3.8) is 0 Å². The Morgan fingerprint density at radius 3 is 2.42 bits per heavy atom. The van der Waals surface area contributed by atoms with Gasteiger partial charge in [-0.3, -0.25) is 9.78 Å². The van der Waals surface area contributed by atoms with E-state index in [-0.39, 0.29) is 6.04 Å². The lowest BCUT2D eigenvalue weighted by Gasteiger charge is -2.19. The van der Waals surface area contributed by atoms with E-state index in [0.29, 0.717) is 0 Å². The number of nitrogens with one attached hydrogen (secondary N) is 1. The van der Waals surface area contributed by atoms with Crippen LogP contribution in [-0.4, -0.2) is 22.1 Å². The highest BCUT2D eigenvalue weighted by Gasteiger charge is 2.19. The largest absolute Gasteiger partial charge is 0.384 e. The Hall–Kier alpha value is -2.20. The maximum absolute atomic E-state index is 11.7. The van der Waals surface area contributed by atoms with Crippen molar-refractivity contribution < 1.29 is 9.90 Å². The molecule has 0 saturated carbocycles. The van der Waals surface area contributed by atoms with Gasteiger partial charge in [0.1, 0.15) is 6.10 Å². The van der Waals surface area contributed by atoms with Crippen molar-refractivity contribution in [1.29, 1.82) is 0 Å². The molecule has 4 nitrogen and oxygen atoms in total. The van der Waals surface area contributed by atoms with Crippen LogP contribution in [0.25, 0.3) is 0 Å². The Labute approximate surface area is 112 Å². The second-order valence-electron chi connectivity index (χ2n) is 4.28. The Morgan fingerprint density at radius 2 is 1.84 bits per heavy atom. The number of aliphatic hydroxyl groups is 1. The first kappa shape index (κ1) is 13.2. The van der Waals surface area contributed by atoms with Crippen molar-refractivity contribution in [2.24, 2.45) is 0 Å². The summed E-state index contributed by atoms with van der Waals surface area (Å²) in [4.78, 5) is 16.0. The highest BCUT2D eigenvalue weighted by Crippen LogP contribution is 2.19. The van der Waals surface area contributed by atoms with Crippen LogP contribution in [0.15, 0.2) is 54.7 Å². The van der Waals surface area contributed by atoms with Crippen LogP contribution in [0.5, 0.6) is 0 Å². The van der Waals surface area contributed by atoms with Crippen LogP contribution in [0.1, 0.15) is 24.2 Å². The molecule has 0 fully saturated rings. The van der Waals surface area contributed by atoms with Crippen molar-refractivity contribution in [3.8, 4) is 0 Å². The van der Waals surface area contributed by atoms with Crippen molar-refractivity contribution >= 4 is 5.91 Å². The lowest BCUT2D eigenvalue weighted by atomic mass is 10.0. The number of carbonyl (C=O) groups is 1. The molecule has 2 aromatic rings. The molecule has 0 radical (unpaired) electrons. The zero-order valence-corrected chi connectivity index (χ0v) is 10.7. The van der Waals surface area contributed by atoms with E-state index in [0.717, 1.165) is 11.3 Å². The van der Waals surface area contributed by atoms with E-state index in [4.69, 9.17) is 0 Å². The zero-order chi connectivity index (χ0) is 13.7. The van der Waals surface area contributed by atoms with Gasteiger partial charge in [-0.05, 0) is 24.6 Å². The third kappa shape index (κ3) is 3.39. The third-order valence-corrected chi connectivity index (χ3v) is 2.78. The molecule has 2 rings (SSSR count). The van der Waals surface area contributed by atoms with Gasteiger partial charge in [-0.2, -0.15) is 0 Å². The van der Waals surface area contributed by atoms with E-state index in [2.05, 4.69) is 10.3 Å². The highest BCUT2D eigenvalue weighted by atomic mass is 16.3. The van der Waals surface area contributed by atoms with Crippen LogP contribution in [0.2, 0.25) is 0 Å². The van der Waals surface area contributed by atoms with E-state index in [1.54, 1.807) is 6.20 Å². The van der Waals surface area contributed by atoms with Crippen molar-refractivity contribution in [3.05, 3.63) is 66.0 Å². The second kappa shape index (κ2) is 6.11. The van der Waals surface area contributed by atoms with Gasteiger partial charge >= 0.3 is 0 Å². The lowest BCUT2D eigenvalue weighted by Crippen LogP contribution is -2.36. The monoisotopic (exact) mass is 256 g/mol. The predicted molar refractivity (Wildman–Crippen MR) is 72.3 cm³/mol. The molecule has 0 aliphatic carbocycles. The lowest BCUT2D eigenvalue weighted by molar-refractivity contribution is -0.129. The third-order valence-electron chi connectivity index (χ3n) is 2.78. The summed E-state index contributed by atoms with van der Waals surface area (Å²) in [6.45, 7) is 1.44. The first-order chi connectivity index (χ1) is 9.18. The molecule has 0 bridgehead atoms. The second-order valence-corrected chi connectivity index (χ2v) is 4.28. The Bertz CT molecular complexity index is 487. The number of amides is 1. The van der Waals surface area contributed by atoms with Crippen LogP contribution in [0, 0.1) is 0 Å². The number of hydrogen-bond donors (Lipinski definition) is 2. The maximum atomic E-state index is 11.7. The maximum Gasteiger partial charge on any atom is 0.249 e. The summed E-state index contributed by atoms with van der Waals surface area (Å²) >= 11 is 0. The molecule has 19 heavy (non-hydrogen) atoms. The number of carbonyl (C=O) groups excluding carboxylic acids is 1. The van der Waals surface area contributed by atoms with Crippen LogP contribution in [0.3, 0.4) is 0 Å². The molecule has 1 aromatic carbocycles. The van der Waals surface area contributed by atoms with E-state index in [1.807, 2.05) is 48.5 Å². The van der Waals surface area contributed by atoms with Crippen LogP contribution >= 0.6 is 0 Å². The summed E-state index contributed by atoms with van der Waals surface area (Å²) in [6.07, 6.45) is 0.634. The molecule has 1 heterocycles. The Balaban J connectivity index is 2.32. The first-order valence-corrected chi connectivity index (χ1v) is 6.13. The molecule has 98 valence electrons. The van der Waals surface area contributed by atoms with Gasteiger partial charge < -0.3 is 10.4 Å². The molecule has 2 N–H and O–H groups in total. The number of aromatic nitrogens is 1. The van der Waals surface area contributed by atoms with E-state index < -0.39 is 12.0 Å². The fraction of sp³-hybridized carbons (Fsp3) is 0.200. The first-order valence-electron chi connectivity index (χ1n) is 6.13. The summed E-state index contributed by atoms with van der Waals surface area (Å²) in [6, 6.07) is 14.7. The van der Waals surface area contributed by atoms with Gasteiger partial charge in [0, 0.05) is 6.20 Å². The average Bonchev–Trinajstić information content (AvgIpc) is 2.46. The van der Waals surface area contributed by atoms with Crippen LogP contribution in [0.4, 0.5) is 0 Å². The predicted octanol–water partition coefficient (Wildman–Crippen LogP) is 1.67. The molecule has 4 heteroatoms. The van der Waals surface area contributed by atoms with Crippen molar-refractivity contribution in [2.75, 3.05) is 0 Å². The number of nitrogens with zero attached hydrogens (tertiary/aromatic N) is 1. The van der Waals surface area contributed by atoms with Gasteiger partial charge in [0.2, 0.25) is 5.91 Å². The highest BCUT2D eigenvalue weighted by molar-refractivity contribution is 5.80. The minimum absolute atomic E-state index is 0.357. The van der Waals surface area contributed by atoms with E-state index in [1.165, 1.54) is 6.92 Å². The fourth-order valence-corrected chi connectivity index (χ4v) is 1.78. The molecule has 0 aliphatic heterocycles. The topological polar surface area (TPSA) is 62.2 Å². The zero-order valence-electron chi connectivity index (χ0n) is 10.7. The fourth-order valence-electron chi connectivity index (χ4n) is 1.78. The molecule has 2 unspecified atom stereocenters. The standard InChI is InChI=1S/C15H16N2O2/c1-11(18)15(19)17-14(12-7-3-2-4-8-12)13-9-5-6-10-16-13/h2-11,14,18H,1H3,(H,17,19). The molecule has 0 aliphatic rings. The number of aliphatic hydroxyl groups excluding tert-OH is 1. The normalized spacial score (nSPS) is 13.6.